The molecule has 17 heavy (non-hydrogen) atoms. The lowest BCUT2D eigenvalue weighted by atomic mass is 9.96. The molecular formula is C12H17N3O2. The van der Waals surface area contributed by atoms with Crippen LogP contribution in [0, 0.1) is 0 Å². The summed E-state index contributed by atoms with van der Waals surface area (Å²) in [5.74, 6) is -0.0104. The Kier molecular flexibility index (Phi) is 3.11. The highest BCUT2D eigenvalue weighted by Gasteiger charge is 2.37. The first kappa shape index (κ1) is 12.0. The molecule has 0 aromatic carbocycles. The Balaban J connectivity index is 2.20. The van der Waals surface area contributed by atoms with E-state index in [0.717, 1.165) is 0 Å². The lowest BCUT2D eigenvalue weighted by Crippen LogP contribution is -2.57. The molecule has 1 aromatic heterocycles. The van der Waals surface area contributed by atoms with Crippen LogP contribution in [-0.2, 0) is 4.74 Å². The van der Waals surface area contributed by atoms with Crippen molar-refractivity contribution in [2.75, 3.05) is 13.2 Å². The van der Waals surface area contributed by atoms with Gasteiger partial charge in [0.2, 0.25) is 0 Å². The van der Waals surface area contributed by atoms with E-state index in [0.29, 0.717) is 18.7 Å². The van der Waals surface area contributed by atoms with Gasteiger partial charge in [-0.1, -0.05) is 0 Å². The van der Waals surface area contributed by atoms with Crippen LogP contribution in [0.3, 0.4) is 0 Å². The van der Waals surface area contributed by atoms with E-state index < -0.39 is 0 Å². The molecule has 1 amide bonds. The minimum Gasteiger partial charge on any atom is -0.372 e. The van der Waals surface area contributed by atoms with Crippen LogP contribution in [0.15, 0.2) is 18.5 Å². The second kappa shape index (κ2) is 4.41. The van der Waals surface area contributed by atoms with Gasteiger partial charge < -0.3 is 9.64 Å². The fraction of sp³-hybridized carbons (Fsp3) is 0.583. The average Bonchev–Trinajstić information content (AvgIpc) is 2.33. The maximum atomic E-state index is 12.3. The highest BCUT2D eigenvalue weighted by molar-refractivity contribution is 5.94. The van der Waals surface area contributed by atoms with Crippen molar-refractivity contribution in [1.82, 2.24) is 15.1 Å². The minimum absolute atomic E-state index is 0.0104. The molecule has 0 saturated carbocycles. The van der Waals surface area contributed by atoms with Crippen molar-refractivity contribution in [2.24, 2.45) is 0 Å². The molecule has 5 nitrogen and oxygen atoms in total. The molecule has 1 unspecified atom stereocenters. The summed E-state index contributed by atoms with van der Waals surface area (Å²) in [6.45, 7) is 7.20. The van der Waals surface area contributed by atoms with Crippen molar-refractivity contribution in [3.63, 3.8) is 0 Å². The van der Waals surface area contributed by atoms with Crippen molar-refractivity contribution >= 4 is 5.91 Å². The Morgan fingerprint density at radius 2 is 2.29 bits per heavy atom. The van der Waals surface area contributed by atoms with Crippen LogP contribution < -0.4 is 0 Å². The second-order valence-corrected chi connectivity index (χ2v) is 4.76. The van der Waals surface area contributed by atoms with E-state index in [1.807, 2.05) is 25.7 Å². The Hall–Kier alpha value is -1.49. The number of carbonyl (C=O) groups is 1. The summed E-state index contributed by atoms with van der Waals surface area (Å²) in [7, 11) is 0. The summed E-state index contributed by atoms with van der Waals surface area (Å²) in [6.07, 6.45) is 3.03. The Labute approximate surface area is 101 Å². The molecule has 1 aromatic rings. The van der Waals surface area contributed by atoms with Crippen LogP contribution >= 0.6 is 0 Å². The zero-order valence-corrected chi connectivity index (χ0v) is 10.4. The van der Waals surface area contributed by atoms with Gasteiger partial charge in [-0.2, -0.15) is 10.2 Å². The lowest BCUT2D eigenvalue weighted by Gasteiger charge is -2.44. The van der Waals surface area contributed by atoms with E-state index >= 15 is 0 Å². The predicted octanol–water partition coefficient (Wildman–Crippen LogP) is 1.12. The molecular weight excluding hydrogens is 218 g/mol. The van der Waals surface area contributed by atoms with Gasteiger partial charge in [0.25, 0.3) is 5.91 Å². The molecule has 1 atom stereocenters. The minimum atomic E-state index is -0.311. The van der Waals surface area contributed by atoms with Gasteiger partial charge in [-0.05, 0) is 26.8 Å². The molecule has 0 spiro atoms. The third-order valence-corrected chi connectivity index (χ3v) is 3.37. The summed E-state index contributed by atoms with van der Waals surface area (Å²) in [6, 6.07) is 1.72. The SMILES string of the molecule is CC1N(C(=O)c2ccnnc2)CCOC1(C)C. The van der Waals surface area contributed by atoms with E-state index in [1.54, 1.807) is 6.07 Å². The van der Waals surface area contributed by atoms with Crippen molar-refractivity contribution in [2.45, 2.75) is 32.4 Å². The van der Waals surface area contributed by atoms with Gasteiger partial charge in [-0.25, -0.2) is 0 Å². The molecule has 0 radical (unpaired) electrons. The molecule has 1 aliphatic rings. The third-order valence-electron chi connectivity index (χ3n) is 3.37. The van der Waals surface area contributed by atoms with Crippen LogP contribution in [-0.4, -0.2) is 45.8 Å². The van der Waals surface area contributed by atoms with E-state index in [-0.39, 0.29) is 17.6 Å². The molecule has 1 saturated heterocycles. The smallest absolute Gasteiger partial charge is 0.255 e. The number of ether oxygens (including phenoxy) is 1. The largest absolute Gasteiger partial charge is 0.372 e. The molecule has 0 bridgehead atoms. The second-order valence-electron chi connectivity index (χ2n) is 4.76. The van der Waals surface area contributed by atoms with E-state index in [2.05, 4.69) is 10.2 Å². The topological polar surface area (TPSA) is 55.3 Å². The maximum absolute atomic E-state index is 12.3. The summed E-state index contributed by atoms with van der Waals surface area (Å²) in [5, 5.41) is 7.41. The average molecular weight is 235 g/mol. The number of morpholine rings is 1. The van der Waals surface area contributed by atoms with Crippen LogP contribution in [0.4, 0.5) is 0 Å². The standard InChI is InChI=1S/C12H17N3O2/c1-9-12(2,3)17-7-6-15(9)11(16)10-4-5-13-14-8-10/h4-5,8-9H,6-7H2,1-3H3. The van der Waals surface area contributed by atoms with Crippen molar-refractivity contribution in [3.05, 3.63) is 24.0 Å². The number of carbonyl (C=O) groups excluding carboxylic acids is 1. The predicted molar refractivity (Wildman–Crippen MR) is 62.6 cm³/mol. The lowest BCUT2D eigenvalue weighted by molar-refractivity contribution is -0.109. The quantitative estimate of drug-likeness (QED) is 0.732. The van der Waals surface area contributed by atoms with Crippen molar-refractivity contribution in [1.29, 1.82) is 0 Å². The fourth-order valence-corrected chi connectivity index (χ4v) is 1.96. The van der Waals surface area contributed by atoms with Crippen molar-refractivity contribution < 1.29 is 9.53 Å². The normalized spacial score (nSPS) is 23.5. The summed E-state index contributed by atoms with van der Waals surface area (Å²) in [4.78, 5) is 14.1. The first-order valence-electron chi connectivity index (χ1n) is 5.74. The van der Waals surface area contributed by atoms with Gasteiger partial charge in [0, 0.05) is 6.54 Å². The van der Waals surface area contributed by atoms with Gasteiger partial charge in [0.1, 0.15) is 0 Å². The van der Waals surface area contributed by atoms with E-state index in [1.165, 1.54) is 12.4 Å². The molecule has 2 rings (SSSR count). The Morgan fingerprint density at radius 1 is 1.53 bits per heavy atom. The Morgan fingerprint density at radius 3 is 2.94 bits per heavy atom. The van der Waals surface area contributed by atoms with Gasteiger partial charge in [0.05, 0.1) is 36.2 Å². The molecule has 1 aliphatic heterocycles. The van der Waals surface area contributed by atoms with Gasteiger partial charge in [0.15, 0.2) is 0 Å². The summed E-state index contributed by atoms with van der Waals surface area (Å²) in [5.41, 5.74) is 0.263. The monoisotopic (exact) mass is 235 g/mol. The number of nitrogens with zero attached hydrogens (tertiary/aromatic N) is 3. The molecule has 92 valence electrons. The molecule has 1 fully saturated rings. The summed E-state index contributed by atoms with van der Waals surface area (Å²) < 4.78 is 5.67. The van der Waals surface area contributed by atoms with Crippen LogP contribution in [0.1, 0.15) is 31.1 Å². The first-order valence-corrected chi connectivity index (χ1v) is 5.74. The van der Waals surface area contributed by atoms with E-state index in [4.69, 9.17) is 4.74 Å². The van der Waals surface area contributed by atoms with Crippen LogP contribution in [0.2, 0.25) is 0 Å². The zero-order chi connectivity index (χ0) is 12.5. The van der Waals surface area contributed by atoms with Gasteiger partial charge in [-0.3, -0.25) is 4.79 Å². The number of hydrogen-bond acceptors (Lipinski definition) is 4. The molecule has 2 heterocycles. The highest BCUT2D eigenvalue weighted by atomic mass is 16.5. The highest BCUT2D eigenvalue weighted by Crippen LogP contribution is 2.25. The zero-order valence-electron chi connectivity index (χ0n) is 10.4. The van der Waals surface area contributed by atoms with Gasteiger partial charge >= 0.3 is 0 Å². The number of amides is 1. The molecule has 5 heteroatoms. The summed E-state index contributed by atoms with van der Waals surface area (Å²) >= 11 is 0. The van der Waals surface area contributed by atoms with Crippen LogP contribution in [0.25, 0.3) is 0 Å². The van der Waals surface area contributed by atoms with Crippen molar-refractivity contribution in [3.8, 4) is 0 Å². The van der Waals surface area contributed by atoms with Gasteiger partial charge in [-0.15, -0.1) is 0 Å². The number of hydrogen-bond donors (Lipinski definition) is 0. The number of aromatic nitrogens is 2. The first-order chi connectivity index (χ1) is 8.02. The fourth-order valence-electron chi connectivity index (χ4n) is 1.96. The maximum Gasteiger partial charge on any atom is 0.255 e. The molecule has 0 N–H and O–H groups in total. The van der Waals surface area contributed by atoms with Crippen LogP contribution in [0.5, 0.6) is 0 Å². The molecule has 0 aliphatic carbocycles. The number of rotatable bonds is 1. The third kappa shape index (κ3) is 2.29. The Bertz CT molecular complexity index is 405. The van der Waals surface area contributed by atoms with E-state index in [9.17, 15) is 4.79 Å².